The predicted molar refractivity (Wildman–Crippen MR) is 131 cm³/mol. The highest BCUT2D eigenvalue weighted by atomic mass is 32.2. The molecule has 1 atom stereocenters. The van der Waals surface area contributed by atoms with Gasteiger partial charge in [-0.2, -0.15) is 0 Å². The van der Waals surface area contributed by atoms with Gasteiger partial charge in [0, 0.05) is 5.75 Å². The lowest BCUT2D eigenvalue weighted by Gasteiger charge is -2.37. The number of aliphatic hydroxyl groups is 1. The maximum atomic E-state index is 13.0. The first-order valence-corrected chi connectivity index (χ1v) is 12.1. The maximum Gasteiger partial charge on any atom is 0.348 e. The van der Waals surface area contributed by atoms with Crippen LogP contribution in [0.4, 0.5) is 0 Å². The van der Waals surface area contributed by atoms with E-state index < -0.39 is 11.6 Å². The van der Waals surface area contributed by atoms with Crippen LogP contribution in [0.15, 0.2) is 95.6 Å². The normalized spacial score (nSPS) is 18.5. The van der Waals surface area contributed by atoms with E-state index in [0.29, 0.717) is 23.5 Å². The van der Waals surface area contributed by atoms with Crippen LogP contribution in [-0.2, 0) is 20.9 Å². The van der Waals surface area contributed by atoms with Gasteiger partial charge in [-0.1, -0.05) is 98.3 Å². The van der Waals surface area contributed by atoms with Crippen LogP contribution in [0, 0.1) is 0 Å². The Kier molecular flexibility index (Phi) is 7.01. The number of hydrogen-bond acceptors (Lipinski definition) is 4. The quantitative estimate of drug-likeness (QED) is 0.368. The van der Waals surface area contributed by atoms with Gasteiger partial charge in [-0.05, 0) is 35.1 Å². The Morgan fingerprint density at radius 2 is 1.53 bits per heavy atom. The van der Waals surface area contributed by atoms with E-state index in [9.17, 15) is 9.90 Å². The van der Waals surface area contributed by atoms with Crippen LogP contribution >= 0.6 is 11.8 Å². The molecule has 1 unspecified atom stereocenters. The summed E-state index contributed by atoms with van der Waals surface area (Å²) in [5.41, 5.74) is 3.46. The average molecular weight is 445 g/mol. The van der Waals surface area contributed by atoms with Gasteiger partial charge in [0.25, 0.3) is 0 Å². The number of esters is 1. The van der Waals surface area contributed by atoms with E-state index in [2.05, 4.69) is 31.2 Å². The molecule has 4 heteroatoms. The smallest absolute Gasteiger partial charge is 0.348 e. The number of cyclic esters (lactones) is 1. The second kappa shape index (κ2) is 10.1. The molecule has 0 fully saturated rings. The van der Waals surface area contributed by atoms with Crippen molar-refractivity contribution in [3.8, 4) is 11.1 Å². The molecule has 1 aliphatic rings. The molecule has 0 spiro atoms. The van der Waals surface area contributed by atoms with E-state index in [1.807, 2.05) is 60.7 Å². The largest absolute Gasteiger partial charge is 0.511 e. The number of carbonyl (C=O) groups excluding carboxylic acids is 1. The van der Waals surface area contributed by atoms with Crippen molar-refractivity contribution < 1.29 is 14.6 Å². The summed E-state index contributed by atoms with van der Waals surface area (Å²) in [6.45, 7) is 2.12. The molecule has 0 bridgehead atoms. The topological polar surface area (TPSA) is 46.5 Å². The number of benzene rings is 3. The Balaban J connectivity index is 1.59. The van der Waals surface area contributed by atoms with Crippen LogP contribution in [0.3, 0.4) is 0 Å². The third-order valence-electron chi connectivity index (χ3n) is 5.87. The standard InChI is InChI=1S/C28H28O3S/c1-2-3-18-28(24-16-14-23(15-17-24)22-12-8-5-9-13-22)19-25(29)26(27(30)31-28)32-20-21-10-6-4-7-11-21/h4-17,29H,2-3,18-20H2,1H3. The number of aliphatic hydroxyl groups excluding tert-OH is 1. The molecule has 4 rings (SSSR count). The highest BCUT2D eigenvalue weighted by Gasteiger charge is 2.43. The molecule has 1 aliphatic heterocycles. The molecule has 3 aromatic rings. The van der Waals surface area contributed by atoms with Crippen LogP contribution in [-0.4, -0.2) is 11.1 Å². The van der Waals surface area contributed by atoms with Gasteiger partial charge in [-0.15, -0.1) is 11.8 Å². The number of thioether (sulfide) groups is 1. The number of unbranched alkanes of at least 4 members (excludes halogenated alkanes) is 1. The summed E-state index contributed by atoms with van der Waals surface area (Å²) in [4.78, 5) is 13.3. The summed E-state index contributed by atoms with van der Waals surface area (Å²) in [6.07, 6.45) is 2.89. The van der Waals surface area contributed by atoms with Crippen molar-refractivity contribution in [1.82, 2.24) is 0 Å². The molecule has 0 aliphatic carbocycles. The SMILES string of the molecule is CCCCC1(c2ccc(-c3ccccc3)cc2)CC(O)=C(SCc2ccccc2)C(=O)O1. The Labute approximate surface area is 194 Å². The van der Waals surface area contributed by atoms with Crippen LogP contribution in [0.5, 0.6) is 0 Å². The second-order valence-electron chi connectivity index (χ2n) is 8.16. The summed E-state index contributed by atoms with van der Waals surface area (Å²) >= 11 is 1.34. The zero-order chi connectivity index (χ0) is 22.4. The molecular formula is C28H28O3S. The van der Waals surface area contributed by atoms with Gasteiger partial charge in [0.05, 0.1) is 6.42 Å². The van der Waals surface area contributed by atoms with Crippen molar-refractivity contribution in [3.63, 3.8) is 0 Å². The van der Waals surface area contributed by atoms with E-state index in [4.69, 9.17) is 4.74 Å². The van der Waals surface area contributed by atoms with Crippen molar-refractivity contribution in [2.75, 3.05) is 0 Å². The maximum absolute atomic E-state index is 13.0. The van der Waals surface area contributed by atoms with Gasteiger partial charge < -0.3 is 9.84 Å². The Morgan fingerprint density at radius 3 is 2.16 bits per heavy atom. The Hall–Kier alpha value is -2.98. The van der Waals surface area contributed by atoms with E-state index in [1.54, 1.807) is 0 Å². The first-order valence-electron chi connectivity index (χ1n) is 11.1. The molecule has 0 radical (unpaired) electrons. The zero-order valence-electron chi connectivity index (χ0n) is 18.3. The lowest BCUT2D eigenvalue weighted by Crippen LogP contribution is -2.37. The lowest BCUT2D eigenvalue weighted by molar-refractivity contribution is -0.160. The van der Waals surface area contributed by atoms with E-state index >= 15 is 0 Å². The summed E-state index contributed by atoms with van der Waals surface area (Å²) in [5, 5.41) is 10.9. The van der Waals surface area contributed by atoms with Gasteiger partial charge in [-0.3, -0.25) is 0 Å². The summed E-state index contributed by atoms with van der Waals surface area (Å²) in [5.74, 6) is 0.312. The van der Waals surface area contributed by atoms with Crippen LogP contribution in [0.25, 0.3) is 11.1 Å². The monoisotopic (exact) mass is 444 g/mol. The minimum Gasteiger partial charge on any atom is -0.511 e. The van der Waals surface area contributed by atoms with Crippen molar-refractivity contribution >= 4 is 17.7 Å². The van der Waals surface area contributed by atoms with E-state index in [-0.39, 0.29) is 5.76 Å². The predicted octanol–water partition coefficient (Wildman–Crippen LogP) is 7.39. The Morgan fingerprint density at radius 1 is 0.906 bits per heavy atom. The van der Waals surface area contributed by atoms with Gasteiger partial charge in [0.2, 0.25) is 0 Å². The number of hydrogen-bond donors (Lipinski definition) is 1. The molecular weight excluding hydrogens is 416 g/mol. The molecule has 1 N–H and O–H groups in total. The highest BCUT2D eigenvalue weighted by Crippen LogP contribution is 2.44. The fourth-order valence-corrected chi connectivity index (χ4v) is 5.01. The molecule has 0 aromatic heterocycles. The third-order valence-corrected chi connectivity index (χ3v) is 7.04. The van der Waals surface area contributed by atoms with E-state index in [1.165, 1.54) is 11.8 Å². The highest BCUT2D eigenvalue weighted by molar-refractivity contribution is 8.03. The molecule has 164 valence electrons. The third kappa shape index (κ3) is 4.91. The average Bonchev–Trinajstić information content (AvgIpc) is 2.83. The molecule has 1 heterocycles. The van der Waals surface area contributed by atoms with Gasteiger partial charge in [-0.25, -0.2) is 4.79 Å². The second-order valence-corrected chi connectivity index (χ2v) is 9.14. The molecule has 0 saturated carbocycles. The number of carbonyl (C=O) groups is 1. The number of ether oxygens (including phenoxy) is 1. The first-order chi connectivity index (χ1) is 15.6. The first kappa shape index (κ1) is 22.2. The summed E-state index contributed by atoms with van der Waals surface area (Å²) < 4.78 is 6.10. The minimum atomic E-state index is -0.830. The fraction of sp³-hybridized carbons (Fsp3) is 0.250. The molecule has 0 saturated heterocycles. The molecule has 3 nitrogen and oxygen atoms in total. The van der Waals surface area contributed by atoms with Gasteiger partial charge >= 0.3 is 5.97 Å². The molecule has 32 heavy (non-hydrogen) atoms. The van der Waals surface area contributed by atoms with Crippen molar-refractivity contribution in [2.24, 2.45) is 0 Å². The molecule has 3 aromatic carbocycles. The molecule has 0 amide bonds. The lowest BCUT2D eigenvalue weighted by atomic mass is 9.82. The minimum absolute atomic E-state index is 0.130. The van der Waals surface area contributed by atoms with E-state index in [0.717, 1.165) is 35.1 Å². The number of rotatable bonds is 8. The van der Waals surface area contributed by atoms with Crippen molar-refractivity contribution in [2.45, 2.75) is 44.0 Å². The van der Waals surface area contributed by atoms with Crippen LogP contribution in [0.1, 0.15) is 43.7 Å². The van der Waals surface area contributed by atoms with Crippen molar-refractivity contribution in [3.05, 3.63) is 107 Å². The zero-order valence-corrected chi connectivity index (χ0v) is 19.1. The van der Waals surface area contributed by atoms with Crippen LogP contribution < -0.4 is 0 Å². The fourth-order valence-electron chi connectivity index (χ4n) is 4.10. The van der Waals surface area contributed by atoms with Crippen molar-refractivity contribution in [1.29, 1.82) is 0 Å². The van der Waals surface area contributed by atoms with Gasteiger partial charge in [0.15, 0.2) is 0 Å². The van der Waals surface area contributed by atoms with Crippen LogP contribution in [0.2, 0.25) is 0 Å². The summed E-state index contributed by atoms with van der Waals surface area (Å²) in [6, 6.07) is 28.3. The van der Waals surface area contributed by atoms with Gasteiger partial charge in [0.1, 0.15) is 16.3 Å². The summed E-state index contributed by atoms with van der Waals surface area (Å²) in [7, 11) is 0. The Bertz CT molecular complexity index is 1070.